The highest BCUT2D eigenvalue weighted by Crippen LogP contribution is 2.23. The predicted molar refractivity (Wildman–Crippen MR) is 86.9 cm³/mol. The number of aryl methyl sites for hydroxylation is 1. The van der Waals surface area contributed by atoms with Crippen molar-refractivity contribution in [2.45, 2.75) is 26.9 Å². The molecule has 0 bridgehead atoms. The van der Waals surface area contributed by atoms with E-state index in [4.69, 9.17) is 0 Å². The SMILES string of the molecule is Cc1ccc2cc(C3=CNC(C(C)C)N=C3)ccc2c1. The molecule has 1 atom stereocenters. The fourth-order valence-electron chi connectivity index (χ4n) is 2.48. The molecule has 0 aromatic heterocycles. The van der Waals surface area contributed by atoms with Crippen molar-refractivity contribution in [1.29, 1.82) is 0 Å². The maximum Gasteiger partial charge on any atom is 0.120 e. The van der Waals surface area contributed by atoms with E-state index >= 15 is 0 Å². The molecule has 0 saturated heterocycles. The van der Waals surface area contributed by atoms with Crippen LogP contribution in [0.1, 0.15) is 25.0 Å². The van der Waals surface area contributed by atoms with Crippen LogP contribution in [-0.4, -0.2) is 12.4 Å². The van der Waals surface area contributed by atoms with E-state index in [1.54, 1.807) is 0 Å². The Morgan fingerprint density at radius 2 is 1.80 bits per heavy atom. The standard InChI is InChI=1S/C18H20N2/c1-12(2)18-19-10-17(11-20-18)16-7-6-14-8-13(3)4-5-15(14)9-16/h4-12,18-19H,1-3H3. The summed E-state index contributed by atoms with van der Waals surface area (Å²) in [5.41, 5.74) is 3.65. The largest absolute Gasteiger partial charge is 0.369 e. The number of fused-ring (bicyclic) bond motifs is 1. The first kappa shape index (κ1) is 12.9. The molecule has 2 heteroatoms. The summed E-state index contributed by atoms with van der Waals surface area (Å²) in [7, 11) is 0. The Bertz CT molecular complexity index is 696. The summed E-state index contributed by atoms with van der Waals surface area (Å²) < 4.78 is 0. The molecular weight excluding hydrogens is 244 g/mol. The Hall–Kier alpha value is -2.09. The van der Waals surface area contributed by atoms with Gasteiger partial charge in [-0.15, -0.1) is 0 Å². The van der Waals surface area contributed by atoms with E-state index in [1.165, 1.54) is 21.9 Å². The molecule has 2 nitrogen and oxygen atoms in total. The lowest BCUT2D eigenvalue weighted by Gasteiger charge is -2.21. The first-order valence-electron chi connectivity index (χ1n) is 7.14. The van der Waals surface area contributed by atoms with Gasteiger partial charge in [0.25, 0.3) is 0 Å². The highest BCUT2D eigenvalue weighted by molar-refractivity contribution is 6.11. The van der Waals surface area contributed by atoms with Gasteiger partial charge in [-0.25, -0.2) is 0 Å². The van der Waals surface area contributed by atoms with Crippen LogP contribution < -0.4 is 5.32 Å². The molecule has 1 aliphatic heterocycles. The molecule has 2 aromatic rings. The average Bonchev–Trinajstić information content (AvgIpc) is 2.47. The number of nitrogens with zero attached hydrogens (tertiary/aromatic N) is 1. The lowest BCUT2D eigenvalue weighted by Crippen LogP contribution is -2.30. The number of benzene rings is 2. The summed E-state index contributed by atoms with van der Waals surface area (Å²) >= 11 is 0. The van der Waals surface area contributed by atoms with Crippen molar-refractivity contribution >= 4 is 22.6 Å². The van der Waals surface area contributed by atoms with Gasteiger partial charge in [0.2, 0.25) is 0 Å². The third-order valence-electron chi connectivity index (χ3n) is 3.74. The molecule has 0 amide bonds. The number of rotatable bonds is 2. The van der Waals surface area contributed by atoms with Crippen LogP contribution in [0.5, 0.6) is 0 Å². The van der Waals surface area contributed by atoms with Crippen LogP contribution in [0, 0.1) is 12.8 Å². The molecule has 0 spiro atoms. The molecule has 1 heterocycles. The molecule has 0 saturated carbocycles. The van der Waals surface area contributed by atoms with Crippen LogP contribution in [0.2, 0.25) is 0 Å². The van der Waals surface area contributed by atoms with E-state index in [0.29, 0.717) is 5.92 Å². The molecule has 2 aromatic carbocycles. The fourth-order valence-corrected chi connectivity index (χ4v) is 2.48. The van der Waals surface area contributed by atoms with E-state index in [1.807, 2.05) is 6.21 Å². The monoisotopic (exact) mass is 264 g/mol. The van der Waals surface area contributed by atoms with Gasteiger partial charge in [-0.3, -0.25) is 4.99 Å². The van der Waals surface area contributed by atoms with E-state index in [2.05, 4.69) is 73.7 Å². The minimum atomic E-state index is 0.196. The Labute approximate surface area is 120 Å². The van der Waals surface area contributed by atoms with Crippen molar-refractivity contribution in [2.24, 2.45) is 10.9 Å². The van der Waals surface area contributed by atoms with Gasteiger partial charge in [0, 0.05) is 18.0 Å². The quantitative estimate of drug-likeness (QED) is 0.866. The van der Waals surface area contributed by atoms with Crippen molar-refractivity contribution in [3.8, 4) is 0 Å². The van der Waals surface area contributed by atoms with Gasteiger partial charge in [-0.05, 0) is 35.2 Å². The summed E-state index contributed by atoms with van der Waals surface area (Å²) in [6, 6.07) is 13.1. The van der Waals surface area contributed by atoms with Crippen molar-refractivity contribution in [3.63, 3.8) is 0 Å². The molecule has 1 unspecified atom stereocenters. The maximum atomic E-state index is 4.58. The van der Waals surface area contributed by atoms with Gasteiger partial charge in [0.15, 0.2) is 0 Å². The number of hydrogen-bond donors (Lipinski definition) is 1. The number of aliphatic imine (C=N–C) groups is 1. The van der Waals surface area contributed by atoms with Crippen LogP contribution in [-0.2, 0) is 0 Å². The third-order valence-corrected chi connectivity index (χ3v) is 3.74. The van der Waals surface area contributed by atoms with Crippen molar-refractivity contribution < 1.29 is 0 Å². The molecule has 0 aliphatic carbocycles. The van der Waals surface area contributed by atoms with E-state index in [9.17, 15) is 0 Å². The van der Waals surface area contributed by atoms with Gasteiger partial charge < -0.3 is 5.32 Å². The Balaban J connectivity index is 1.92. The zero-order valence-electron chi connectivity index (χ0n) is 12.2. The van der Waals surface area contributed by atoms with Crippen LogP contribution >= 0.6 is 0 Å². The second-order valence-corrected chi connectivity index (χ2v) is 5.80. The second kappa shape index (κ2) is 5.12. The Morgan fingerprint density at radius 1 is 1.05 bits per heavy atom. The minimum Gasteiger partial charge on any atom is -0.369 e. The van der Waals surface area contributed by atoms with Crippen LogP contribution in [0.15, 0.2) is 47.6 Å². The zero-order valence-corrected chi connectivity index (χ0v) is 12.2. The van der Waals surface area contributed by atoms with Gasteiger partial charge >= 0.3 is 0 Å². The van der Waals surface area contributed by atoms with Crippen LogP contribution in [0.25, 0.3) is 16.3 Å². The molecule has 3 rings (SSSR count). The molecule has 0 radical (unpaired) electrons. The van der Waals surface area contributed by atoms with Crippen molar-refractivity contribution in [2.75, 3.05) is 0 Å². The first-order chi connectivity index (χ1) is 9.63. The van der Waals surface area contributed by atoms with Crippen LogP contribution in [0.3, 0.4) is 0 Å². The summed E-state index contributed by atoms with van der Waals surface area (Å²) in [5, 5.41) is 5.92. The molecule has 20 heavy (non-hydrogen) atoms. The third kappa shape index (κ3) is 2.46. The summed E-state index contributed by atoms with van der Waals surface area (Å²) in [4.78, 5) is 4.58. The smallest absolute Gasteiger partial charge is 0.120 e. The predicted octanol–water partition coefficient (Wildman–Crippen LogP) is 4.15. The zero-order chi connectivity index (χ0) is 14.1. The van der Waals surface area contributed by atoms with Crippen molar-refractivity contribution in [3.05, 3.63) is 53.7 Å². The minimum absolute atomic E-state index is 0.196. The molecular formula is C18H20N2. The van der Waals surface area contributed by atoms with Crippen molar-refractivity contribution in [1.82, 2.24) is 5.32 Å². The summed E-state index contributed by atoms with van der Waals surface area (Å²) in [6.07, 6.45) is 4.26. The summed E-state index contributed by atoms with van der Waals surface area (Å²) in [6.45, 7) is 6.47. The lowest BCUT2D eigenvalue weighted by atomic mass is 10.0. The van der Waals surface area contributed by atoms with Crippen LogP contribution in [0.4, 0.5) is 0 Å². The van der Waals surface area contributed by atoms with Gasteiger partial charge in [-0.1, -0.05) is 49.7 Å². The van der Waals surface area contributed by atoms with Gasteiger partial charge in [0.05, 0.1) is 0 Å². The number of nitrogens with one attached hydrogen (secondary N) is 1. The topological polar surface area (TPSA) is 24.4 Å². The molecule has 1 aliphatic rings. The first-order valence-corrected chi connectivity index (χ1v) is 7.14. The maximum absolute atomic E-state index is 4.58. The van der Waals surface area contributed by atoms with Gasteiger partial charge in [-0.2, -0.15) is 0 Å². The number of allylic oxidation sites excluding steroid dienone is 1. The Morgan fingerprint density at radius 3 is 2.50 bits per heavy atom. The molecule has 102 valence electrons. The highest BCUT2D eigenvalue weighted by atomic mass is 15.1. The van der Waals surface area contributed by atoms with E-state index < -0.39 is 0 Å². The normalized spacial score (nSPS) is 18.2. The summed E-state index contributed by atoms with van der Waals surface area (Å²) in [5.74, 6) is 0.503. The molecule has 1 N–H and O–H groups in total. The van der Waals surface area contributed by atoms with Gasteiger partial charge in [0.1, 0.15) is 6.17 Å². The highest BCUT2D eigenvalue weighted by Gasteiger charge is 2.13. The average molecular weight is 264 g/mol. The Kier molecular flexibility index (Phi) is 3.31. The molecule has 0 fully saturated rings. The number of hydrogen-bond acceptors (Lipinski definition) is 2. The lowest BCUT2D eigenvalue weighted by molar-refractivity contribution is 0.456. The second-order valence-electron chi connectivity index (χ2n) is 5.80. The fraction of sp³-hybridized carbons (Fsp3) is 0.278. The van der Waals surface area contributed by atoms with E-state index in [-0.39, 0.29) is 6.17 Å². The van der Waals surface area contributed by atoms with E-state index in [0.717, 1.165) is 5.57 Å².